The third kappa shape index (κ3) is 5.74. The number of amides is 1. The molecular formula is C39H42N4O10S. The molecule has 0 aromatic heterocycles. The van der Waals surface area contributed by atoms with E-state index in [0.29, 0.717) is 46.1 Å². The Morgan fingerprint density at radius 3 is 2.61 bits per heavy atom. The van der Waals surface area contributed by atoms with E-state index in [1.165, 1.54) is 11.8 Å². The van der Waals surface area contributed by atoms with Gasteiger partial charge in [0.2, 0.25) is 6.79 Å². The molecule has 1 amide bonds. The molecule has 3 aromatic rings. The fraction of sp³-hybridized carbons (Fsp3) is 0.462. The van der Waals surface area contributed by atoms with Gasteiger partial charge in [0, 0.05) is 47.2 Å². The number of nitrogens with one attached hydrogen (secondary N) is 1. The van der Waals surface area contributed by atoms with E-state index in [1.54, 1.807) is 21.1 Å². The zero-order chi connectivity index (χ0) is 37.8. The van der Waals surface area contributed by atoms with Gasteiger partial charge in [0.25, 0.3) is 0 Å². The molecule has 6 aliphatic heterocycles. The van der Waals surface area contributed by atoms with Crippen molar-refractivity contribution in [2.24, 2.45) is 0 Å². The van der Waals surface area contributed by atoms with Crippen LogP contribution >= 0.6 is 11.8 Å². The molecule has 0 saturated carbocycles. The van der Waals surface area contributed by atoms with E-state index >= 15 is 0 Å². The number of hydrogen-bond donors (Lipinski definition) is 2. The third-order valence-corrected chi connectivity index (χ3v) is 12.6. The number of thioether (sulfide) groups is 1. The second-order valence-electron chi connectivity index (χ2n) is 14.1. The van der Waals surface area contributed by atoms with Crippen LogP contribution in [0.1, 0.15) is 56.3 Å². The van der Waals surface area contributed by atoms with Gasteiger partial charge in [0.15, 0.2) is 29.8 Å². The van der Waals surface area contributed by atoms with E-state index in [0.717, 1.165) is 22.3 Å². The summed E-state index contributed by atoms with van der Waals surface area (Å²) in [5.41, 5.74) is 5.39. The van der Waals surface area contributed by atoms with Crippen LogP contribution in [-0.4, -0.2) is 98.3 Å². The van der Waals surface area contributed by atoms with E-state index < -0.39 is 41.5 Å². The number of esters is 1. The van der Waals surface area contributed by atoms with Crippen LogP contribution in [0.2, 0.25) is 0 Å². The Morgan fingerprint density at radius 2 is 1.87 bits per heavy atom. The number of likely N-dealkylation sites (N-methyl/N-ethyl adjacent to an activating group) is 1. The van der Waals surface area contributed by atoms with Gasteiger partial charge in [0.05, 0.1) is 30.5 Å². The van der Waals surface area contributed by atoms with Crippen molar-refractivity contribution < 1.29 is 47.9 Å². The molecule has 0 radical (unpaired) electrons. The number of phenols is 1. The van der Waals surface area contributed by atoms with Crippen molar-refractivity contribution in [2.45, 2.75) is 68.4 Å². The number of nitrogens with zero attached hydrogens (tertiary/aromatic N) is 3. The smallest absolute Gasteiger partial charge is 0.408 e. The number of piperazine rings is 1. The standard InChI is InChI=1S/C39H42N4O10S/c1-19-11-22-12-24-25(13-40)43-26-15-49-38(45)23(41-39(46)50-14-21-9-7-6-8-10-21)16-54-37(29-28(26)36-34(52-18-53-36)20(2)32(29)44)31(43)30(42(24)3)27(22)35(33(19)48-5)51-17-47-4/h6-11,23-26,30-31,37,44H,12,14-18H2,1-5H3,(H,41,46)/t23-,24+,25+,26+,30-,31?,37-/m1/s1. The predicted molar refractivity (Wildman–Crippen MR) is 195 cm³/mol. The molecule has 2 N–H and O–H groups in total. The normalized spacial score (nSPS) is 26.7. The predicted octanol–water partition coefficient (Wildman–Crippen LogP) is 4.58. The molecule has 3 aromatic carbocycles. The summed E-state index contributed by atoms with van der Waals surface area (Å²) in [6, 6.07) is 10.4. The molecule has 4 bridgehead atoms. The molecule has 0 aliphatic carbocycles. The number of nitriles is 1. The summed E-state index contributed by atoms with van der Waals surface area (Å²) >= 11 is 1.39. The topological polar surface area (TPSA) is 161 Å². The fourth-order valence-corrected chi connectivity index (χ4v) is 10.5. The Balaban J connectivity index is 1.27. The number of ether oxygens (including phenoxy) is 7. The second-order valence-corrected chi connectivity index (χ2v) is 15.3. The molecule has 6 aliphatic rings. The number of aromatic hydroxyl groups is 1. The lowest BCUT2D eigenvalue weighted by Crippen LogP contribution is -2.69. The average Bonchev–Trinajstić information content (AvgIpc) is 3.66. The Kier molecular flexibility index (Phi) is 9.63. The van der Waals surface area contributed by atoms with Crippen molar-refractivity contribution in [3.63, 3.8) is 0 Å². The molecule has 284 valence electrons. The number of methoxy groups -OCH3 is 2. The molecule has 2 saturated heterocycles. The summed E-state index contributed by atoms with van der Waals surface area (Å²) in [5, 5.41) is 25.3. The molecule has 0 spiro atoms. The van der Waals surface area contributed by atoms with Gasteiger partial charge >= 0.3 is 12.1 Å². The lowest BCUT2D eigenvalue weighted by Gasteiger charge is -2.61. The highest BCUT2D eigenvalue weighted by Crippen LogP contribution is 2.63. The van der Waals surface area contributed by atoms with Crippen LogP contribution in [-0.2, 0) is 32.0 Å². The SMILES string of the molecule is COCOc1c(OC)c(C)cc2c1[C@@H]1C3[C@@H]4SC[C@@H](NC(=O)OCc5ccccc5)C(=O)OC[C@@H](c5c6c(c(C)c(O)c54)OCO6)N3[C@@H](C#N)[C@H](C2)N1C. The van der Waals surface area contributed by atoms with Crippen molar-refractivity contribution in [3.8, 4) is 34.8 Å². The number of carbonyl (C=O) groups is 2. The number of fused-ring (bicyclic) bond motifs is 10. The third-order valence-electron chi connectivity index (χ3n) is 11.2. The van der Waals surface area contributed by atoms with Gasteiger partial charge in [-0.1, -0.05) is 36.4 Å². The van der Waals surface area contributed by atoms with Gasteiger partial charge in [-0.25, -0.2) is 9.59 Å². The molecule has 1 unspecified atom stereocenters. The number of rotatable bonds is 7. The first-order chi connectivity index (χ1) is 26.2. The van der Waals surface area contributed by atoms with Crippen molar-refractivity contribution >= 4 is 23.8 Å². The van der Waals surface area contributed by atoms with E-state index in [1.807, 2.05) is 44.3 Å². The molecule has 9 rings (SSSR count). The van der Waals surface area contributed by atoms with Crippen LogP contribution in [0.4, 0.5) is 4.79 Å². The number of carbonyl (C=O) groups excluding carboxylic acids is 2. The van der Waals surface area contributed by atoms with Crippen molar-refractivity contribution in [1.29, 1.82) is 5.26 Å². The number of hydrogen-bond acceptors (Lipinski definition) is 14. The summed E-state index contributed by atoms with van der Waals surface area (Å²) in [7, 11) is 5.18. The van der Waals surface area contributed by atoms with Crippen LogP contribution in [0.3, 0.4) is 0 Å². The summed E-state index contributed by atoms with van der Waals surface area (Å²) in [4.78, 5) is 31.3. The molecule has 15 heteroatoms. The molecule has 14 nitrogen and oxygen atoms in total. The largest absolute Gasteiger partial charge is 0.507 e. The Labute approximate surface area is 317 Å². The monoisotopic (exact) mass is 758 g/mol. The summed E-state index contributed by atoms with van der Waals surface area (Å²) in [6.07, 6.45) is -0.218. The van der Waals surface area contributed by atoms with Gasteiger partial charge in [-0.2, -0.15) is 5.26 Å². The number of benzene rings is 3. The molecular weight excluding hydrogens is 717 g/mol. The molecule has 6 heterocycles. The van der Waals surface area contributed by atoms with Gasteiger partial charge in [-0.15, -0.1) is 11.8 Å². The first-order valence-corrected chi connectivity index (χ1v) is 18.8. The number of alkyl carbamates (subject to hydrolysis) is 1. The highest BCUT2D eigenvalue weighted by atomic mass is 32.2. The van der Waals surface area contributed by atoms with Crippen LogP contribution in [0, 0.1) is 25.2 Å². The maximum Gasteiger partial charge on any atom is 0.408 e. The molecule has 54 heavy (non-hydrogen) atoms. The van der Waals surface area contributed by atoms with Gasteiger partial charge in [-0.05, 0) is 44.0 Å². The van der Waals surface area contributed by atoms with E-state index in [-0.39, 0.29) is 50.4 Å². The molecule has 2 fully saturated rings. The van der Waals surface area contributed by atoms with Crippen LogP contribution in [0.25, 0.3) is 0 Å². The fourth-order valence-electron chi connectivity index (χ4n) is 8.95. The van der Waals surface area contributed by atoms with E-state index in [4.69, 9.17) is 33.2 Å². The van der Waals surface area contributed by atoms with E-state index in [2.05, 4.69) is 27.3 Å². The summed E-state index contributed by atoms with van der Waals surface area (Å²) < 4.78 is 41.2. The zero-order valence-electron chi connectivity index (χ0n) is 30.6. The Hall–Kier alpha value is -4.88. The highest BCUT2D eigenvalue weighted by molar-refractivity contribution is 7.99. The van der Waals surface area contributed by atoms with E-state index in [9.17, 15) is 20.0 Å². The quantitative estimate of drug-likeness (QED) is 0.254. The van der Waals surface area contributed by atoms with Gasteiger partial charge in [0.1, 0.15) is 31.0 Å². The first kappa shape index (κ1) is 36.1. The minimum absolute atomic E-state index is 0.0158. The van der Waals surface area contributed by atoms with Crippen molar-refractivity contribution in [3.05, 3.63) is 75.3 Å². The lowest BCUT2D eigenvalue weighted by atomic mass is 9.71. The number of phenolic OH excluding ortho intramolecular Hbond substituents is 1. The second kappa shape index (κ2) is 14.4. The molecule has 7 atom stereocenters. The van der Waals surface area contributed by atoms with Crippen molar-refractivity contribution in [2.75, 3.05) is 47.2 Å². The lowest BCUT2D eigenvalue weighted by molar-refractivity contribution is -0.151. The summed E-state index contributed by atoms with van der Waals surface area (Å²) in [6.45, 7) is 3.53. The highest BCUT2D eigenvalue weighted by Gasteiger charge is 2.60. The maximum absolute atomic E-state index is 13.8. The van der Waals surface area contributed by atoms with Crippen LogP contribution in [0.5, 0.6) is 28.7 Å². The van der Waals surface area contributed by atoms with Gasteiger partial charge < -0.3 is 43.6 Å². The zero-order valence-corrected chi connectivity index (χ0v) is 31.4. The van der Waals surface area contributed by atoms with Crippen molar-refractivity contribution in [1.82, 2.24) is 15.1 Å². The van der Waals surface area contributed by atoms with Gasteiger partial charge in [-0.3, -0.25) is 9.80 Å². The minimum Gasteiger partial charge on any atom is -0.507 e. The van der Waals surface area contributed by atoms with Crippen LogP contribution in [0.15, 0.2) is 36.4 Å². The average molecular weight is 759 g/mol. The number of aryl methyl sites for hydroxylation is 1. The maximum atomic E-state index is 13.8. The minimum atomic E-state index is -1.07. The Morgan fingerprint density at radius 1 is 1.09 bits per heavy atom. The first-order valence-electron chi connectivity index (χ1n) is 17.8. The Bertz CT molecular complexity index is 2020. The van der Waals surface area contributed by atoms with Crippen LogP contribution < -0.4 is 24.3 Å². The summed E-state index contributed by atoms with van der Waals surface area (Å²) in [5.74, 6) is 1.49.